The highest BCUT2D eigenvalue weighted by atomic mass is 32.2. The smallest absolute Gasteiger partial charge is 0.316 e. The summed E-state index contributed by atoms with van der Waals surface area (Å²) in [7, 11) is -1.26. The van der Waals surface area contributed by atoms with E-state index in [0.29, 0.717) is 17.4 Å². The van der Waals surface area contributed by atoms with Crippen molar-refractivity contribution in [2.45, 2.75) is 24.6 Å². The van der Waals surface area contributed by atoms with Crippen molar-refractivity contribution in [2.24, 2.45) is 7.05 Å². The zero-order chi connectivity index (χ0) is 17.3. The molecule has 130 valence electrons. The summed E-state index contributed by atoms with van der Waals surface area (Å²) in [5, 5.41) is 8.76. The summed E-state index contributed by atoms with van der Waals surface area (Å²) >= 11 is 1.20. The fourth-order valence-electron chi connectivity index (χ4n) is 2.49. The highest BCUT2D eigenvalue weighted by Crippen LogP contribution is 2.26. The first-order valence-corrected chi connectivity index (χ1v) is 10.1. The van der Waals surface area contributed by atoms with Gasteiger partial charge in [-0.3, -0.25) is 4.79 Å². The van der Waals surface area contributed by atoms with Gasteiger partial charge in [-0.25, -0.2) is 8.42 Å². The van der Waals surface area contributed by atoms with Crippen LogP contribution in [-0.2, 0) is 26.4 Å². The van der Waals surface area contributed by atoms with Crippen molar-refractivity contribution >= 4 is 27.6 Å². The van der Waals surface area contributed by atoms with Crippen molar-refractivity contribution in [3.05, 3.63) is 18.1 Å². The van der Waals surface area contributed by atoms with Crippen molar-refractivity contribution in [3.63, 3.8) is 0 Å². The van der Waals surface area contributed by atoms with Crippen molar-refractivity contribution in [2.75, 3.05) is 17.3 Å². The quantitative estimate of drug-likeness (QED) is 0.570. The Balaban J connectivity index is 1.58. The van der Waals surface area contributed by atoms with Gasteiger partial charge in [0.05, 0.1) is 29.1 Å². The second-order valence-corrected chi connectivity index (χ2v) is 8.73. The molecule has 1 saturated heterocycles. The van der Waals surface area contributed by atoms with E-state index in [4.69, 9.17) is 9.15 Å². The van der Waals surface area contributed by atoms with Gasteiger partial charge in [-0.1, -0.05) is 11.8 Å². The Bertz CT molecular complexity index is 856. The molecule has 3 heterocycles. The summed E-state index contributed by atoms with van der Waals surface area (Å²) in [6, 6.07) is 1.81. The molecule has 0 aliphatic carbocycles. The van der Waals surface area contributed by atoms with Gasteiger partial charge in [0.25, 0.3) is 0 Å². The molecule has 0 aromatic carbocycles. The predicted octanol–water partition coefficient (Wildman–Crippen LogP) is 1.21. The molecule has 1 atom stereocenters. The van der Waals surface area contributed by atoms with E-state index in [1.165, 1.54) is 11.8 Å². The van der Waals surface area contributed by atoms with E-state index >= 15 is 0 Å². The van der Waals surface area contributed by atoms with E-state index in [9.17, 15) is 13.2 Å². The van der Waals surface area contributed by atoms with Crippen molar-refractivity contribution in [1.82, 2.24) is 14.8 Å². The fraction of sp³-hybridized carbons (Fsp3) is 0.500. The number of carbonyl (C=O) groups excluding carboxylic acids is 1. The third-order valence-electron chi connectivity index (χ3n) is 3.74. The average Bonchev–Trinajstić information content (AvgIpc) is 3.17. The molecule has 1 fully saturated rings. The number of aryl methyl sites for hydroxylation is 1. The second-order valence-electron chi connectivity index (χ2n) is 5.56. The van der Waals surface area contributed by atoms with Crippen LogP contribution >= 0.6 is 11.8 Å². The van der Waals surface area contributed by atoms with Gasteiger partial charge in [0.15, 0.2) is 20.8 Å². The zero-order valence-electron chi connectivity index (χ0n) is 13.3. The summed E-state index contributed by atoms with van der Waals surface area (Å²) in [5.41, 5.74) is 0.843. The number of ether oxygens (including phenoxy) is 1. The molecule has 0 saturated carbocycles. The number of rotatable bonds is 5. The Morgan fingerprint density at radius 2 is 2.29 bits per heavy atom. The van der Waals surface area contributed by atoms with Crippen LogP contribution in [0.5, 0.6) is 0 Å². The van der Waals surface area contributed by atoms with Crippen LogP contribution in [0.25, 0.3) is 11.4 Å². The average molecular weight is 371 g/mol. The molecule has 0 N–H and O–H groups in total. The largest absolute Gasteiger partial charge is 0.469 e. The minimum Gasteiger partial charge on any atom is -0.469 e. The highest BCUT2D eigenvalue weighted by Gasteiger charge is 2.30. The summed E-state index contributed by atoms with van der Waals surface area (Å²) in [5.74, 6) is 0.980. The van der Waals surface area contributed by atoms with Gasteiger partial charge in [0.1, 0.15) is 11.9 Å². The van der Waals surface area contributed by atoms with Crippen LogP contribution in [0.4, 0.5) is 0 Å². The van der Waals surface area contributed by atoms with Gasteiger partial charge in [-0.15, -0.1) is 10.2 Å². The molecule has 2 aromatic heterocycles. The Labute approximate surface area is 143 Å². The van der Waals surface area contributed by atoms with Crippen LogP contribution in [0.1, 0.15) is 12.2 Å². The van der Waals surface area contributed by atoms with E-state index in [1.54, 1.807) is 17.9 Å². The number of nitrogens with zero attached hydrogens (tertiary/aromatic N) is 3. The molecular formula is C14H17N3O5S2. The summed E-state index contributed by atoms with van der Waals surface area (Å²) in [4.78, 5) is 11.9. The molecule has 0 spiro atoms. The van der Waals surface area contributed by atoms with Crippen LogP contribution in [0.15, 0.2) is 21.9 Å². The summed E-state index contributed by atoms with van der Waals surface area (Å²) in [6.45, 7) is 1.84. The number of hydrogen-bond acceptors (Lipinski definition) is 8. The Hall–Kier alpha value is -1.81. The summed E-state index contributed by atoms with van der Waals surface area (Å²) in [6.07, 6.45) is 1.41. The molecule has 24 heavy (non-hydrogen) atoms. The molecular weight excluding hydrogens is 354 g/mol. The normalized spacial score (nSPS) is 19.5. The molecule has 8 nitrogen and oxygen atoms in total. The zero-order valence-corrected chi connectivity index (χ0v) is 14.9. The molecule has 0 amide bonds. The standard InChI is InChI=1S/C14H17N3O5S2/c1-9-11(3-5-21-9)13-15-16-14(17(13)2)23-7-12(18)22-10-4-6-24(19,20)8-10/h3,5,10H,4,6-8H2,1-2H3/t10-/m0/s1. The van der Waals surface area contributed by atoms with Crippen LogP contribution < -0.4 is 0 Å². The van der Waals surface area contributed by atoms with Gasteiger partial charge in [0.2, 0.25) is 0 Å². The number of carbonyl (C=O) groups is 1. The van der Waals surface area contributed by atoms with Crippen molar-refractivity contribution in [3.8, 4) is 11.4 Å². The van der Waals surface area contributed by atoms with Gasteiger partial charge in [0, 0.05) is 7.05 Å². The lowest BCUT2D eigenvalue weighted by atomic mass is 10.2. The number of sulfone groups is 1. The van der Waals surface area contributed by atoms with Crippen molar-refractivity contribution < 1.29 is 22.4 Å². The maximum absolute atomic E-state index is 11.9. The fourth-order valence-corrected chi connectivity index (χ4v) is 4.77. The lowest BCUT2D eigenvalue weighted by Gasteiger charge is -2.09. The minimum absolute atomic E-state index is 0.0485. The van der Waals surface area contributed by atoms with Crippen molar-refractivity contribution in [1.29, 1.82) is 0 Å². The van der Waals surface area contributed by atoms with E-state index in [-0.39, 0.29) is 17.3 Å². The maximum Gasteiger partial charge on any atom is 0.316 e. The number of thioether (sulfide) groups is 1. The van der Waals surface area contributed by atoms with E-state index in [2.05, 4.69) is 10.2 Å². The Morgan fingerprint density at radius 1 is 1.50 bits per heavy atom. The predicted molar refractivity (Wildman–Crippen MR) is 87.3 cm³/mol. The highest BCUT2D eigenvalue weighted by molar-refractivity contribution is 7.99. The number of esters is 1. The van der Waals surface area contributed by atoms with Gasteiger partial charge in [-0.05, 0) is 19.4 Å². The minimum atomic E-state index is -3.06. The molecule has 3 rings (SSSR count). The van der Waals surface area contributed by atoms with Gasteiger partial charge < -0.3 is 13.7 Å². The van der Waals surface area contributed by atoms with Crippen LogP contribution in [0.3, 0.4) is 0 Å². The van der Waals surface area contributed by atoms with E-state index < -0.39 is 21.9 Å². The second kappa shape index (κ2) is 6.60. The molecule has 1 aliphatic heterocycles. The maximum atomic E-state index is 11.9. The number of furan rings is 1. The first-order chi connectivity index (χ1) is 11.4. The molecule has 1 aliphatic rings. The van der Waals surface area contributed by atoms with Crippen LogP contribution in [-0.4, -0.2) is 52.5 Å². The van der Waals surface area contributed by atoms with Gasteiger partial charge in [-0.2, -0.15) is 0 Å². The molecule has 0 unspecified atom stereocenters. The Morgan fingerprint density at radius 3 is 2.92 bits per heavy atom. The molecule has 0 bridgehead atoms. The summed E-state index contributed by atoms with van der Waals surface area (Å²) < 4.78 is 35.0. The lowest BCUT2D eigenvalue weighted by Crippen LogP contribution is -2.20. The van der Waals surface area contributed by atoms with Crippen LogP contribution in [0, 0.1) is 6.92 Å². The lowest BCUT2D eigenvalue weighted by molar-refractivity contribution is -0.144. The molecule has 0 radical (unpaired) electrons. The van der Waals surface area contributed by atoms with Gasteiger partial charge >= 0.3 is 5.97 Å². The van der Waals surface area contributed by atoms with Crippen LogP contribution in [0.2, 0.25) is 0 Å². The Kier molecular flexibility index (Phi) is 4.68. The SMILES string of the molecule is Cc1occc1-c1nnc(SCC(=O)O[C@H]2CCS(=O)(=O)C2)n1C. The topological polar surface area (TPSA) is 104 Å². The van der Waals surface area contributed by atoms with E-state index in [0.717, 1.165) is 11.3 Å². The number of hydrogen-bond donors (Lipinski definition) is 0. The first kappa shape index (κ1) is 17.0. The monoisotopic (exact) mass is 371 g/mol. The molecule has 2 aromatic rings. The third kappa shape index (κ3) is 3.64. The first-order valence-electron chi connectivity index (χ1n) is 7.32. The number of aromatic nitrogens is 3. The third-order valence-corrected chi connectivity index (χ3v) is 6.47. The molecule has 10 heteroatoms. The van der Waals surface area contributed by atoms with E-state index in [1.807, 2.05) is 13.0 Å².